The van der Waals surface area contributed by atoms with Crippen LogP contribution >= 0.6 is 11.3 Å². The second kappa shape index (κ2) is 6.57. The van der Waals surface area contributed by atoms with E-state index in [1.165, 1.54) is 6.92 Å². The fraction of sp³-hybridized carbons (Fsp3) is 0.500. The van der Waals surface area contributed by atoms with Gasteiger partial charge in [0.1, 0.15) is 9.09 Å². The largest absolute Gasteiger partial charge is 0.477 e. The molecule has 0 aliphatic carbocycles. The summed E-state index contributed by atoms with van der Waals surface area (Å²) in [4.78, 5) is 10.7. The molecule has 0 spiro atoms. The maximum atomic E-state index is 12.4. The number of carbonyl (C=O) groups is 1. The minimum atomic E-state index is -4.24. The van der Waals surface area contributed by atoms with Crippen LogP contribution in [0.4, 0.5) is 8.78 Å². The zero-order valence-corrected chi connectivity index (χ0v) is 12.0. The van der Waals surface area contributed by atoms with E-state index < -0.39 is 42.1 Å². The van der Waals surface area contributed by atoms with Crippen LogP contribution in [0.5, 0.6) is 0 Å². The smallest absolute Gasteiger partial charge is 0.346 e. The molecule has 1 rings (SSSR count). The van der Waals surface area contributed by atoms with E-state index in [1.807, 2.05) is 0 Å². The van der Waals surface area contributed by atoms with E-state index in [1.54, 1.807) is 0 Å². The molecule has 1 heterocycles. The van der Waals surface area contributed by atoms with Gasteiger partial charge in [0.2, 0.25) is 0 Å². The lowest BCUT2D eigenvalue weighted by molar-refractivity contribution is 0.0701. The Labute approximate surface area is 118 Å². The number of rotatable bonds is 7. The summed E-state index contributed by atoms with van der Waals surface area (Å²) in [5.74, 6) is -1.28. The number of halogens is 2. The predicted octanol–water partition coefficient (Wildman–Crippen LogP) is 1.00. The van der Waals surface area contributed by atoms with Crippen LogP contribution in [-0.2, 0) is 10.0 Å². The molecule has 0 atom stereocenters. The summed E-state index contributed by atoms with van der Waals surface area (Å²) in [5, 5.41) is 17.6. The van der Waals surface area contributed by atoms with Gasteiger partial charge >= 0.3 is 5.97 Å². The molecule has 0 unspecified atom stereocenters. The maximum absolute atomic E-state index is 12.4. The van der Waals surface area contributed by atoms with Gasteiger partial charge in [0, 0.05) is 6.54 Å². The van der Waals surface area contributed by atoms with Crippen molar-refractivity contribution in [3.8, 4) is 0 Å². The topological polar surface area (TPSA) is 94.9 Å². The highest BCUT2D eigenvalue weighted by Gasteiger charge is 2.30. The number of carboxylic acids is 1. The third-order valence-electron chi connectivity index (χ3n) is 2.37. The van der Waals surface area contributed by atoms with E-state index in [4.69, 9.17) is 10.2 Å². The number of hydrogen-bond donors (Lipinski definition) is 2. The number of hydrogen-bond acceptors (Lipinski definition) is 5. The number of nitrogens with zero attached hydrogens (tertiary/aromatic N) is 1. The van der Waals surface area contributed by atoms with Crippen molar-refractivity contribution in [1.82, 2.24) is 4.31 Å². The molecule has 10 heteroatoms. The molecular weight excluding hydrogens is 316 g/mol. The molecule has 0 fully saturated rings. The second-order valence-electron chi connectivity index (χ2n) is 3.86. The van der Waals surface area contributed by atoms with Gasteiger partial charge in [0.05, 0.1) is 13.2 Å². The van der Waals surface area contributed by atoms with Gasteiger partial charge in [0.25, 0.3) is 16.4 Å². The Kier molecular flexibility index (Phi) is 5.57. The van der Waals surface area contributed by atoms with Crippen LogP contribution in [0.25, 0.3) is 0 Å². The highest BCUT2D eigenvalue weighted by atomic mass is 32.2. The minimum absolute atomic E-state index is 0.162. The Bertz CT molecular complexity index is 584. The van der Waals surface area contributed by atoms with Gasteiger partial charge in [0.15, 0.2) is 0 Å². The third kappa shape index (κ3) is 3.72. The van der Waals surface area contributed by atoms with Crippen molar-refractivity contribution in [2.75, 3.05) is 19.7 Å². The zero-order chi connectivity index (χ0) is 15.5. The number of thiophene rings is 1. The molecule has 1 aromatic rings. The second-order valence-corrected chi connectivity index (χ2v) is 7.08. The fourth-order valence-electron chi connectivity index (χ4n) is 1.49. The average Bonchev–Trinajstić information content (AvgIpc) is 2.71. The number of sulfonamides is 1. The third-order valence-corrected chi connectivity index (χ3v) is 5.91. The van der Waals surface area contributed by atoms with Crippen molar-refractivity contribution < 1.29 is 32.2 Å². The number of carboxylic acid groups (broad SMARTS) is 1. The minimum Gasteiger partial charge on any atom is -0.477 e. The molecule has 6 nitrogen and oxygen atoms in total. The lowest BCUT2D eigenvalue weighted by Gasteiger charge is -2.19. The standard InChI is InChI=1S/C10H13F2NO5S2/c1-6-4-8(19-9(6)10(15)16)20(17,18)13(2-3-14)5-7(11)12/h4,7,14H,2-3,5H2,1H3,(H,15,16). The van der Waals surface area contributed by atoms with Crippen LogP contribution in [0.2, 0.25) is 0 Å². The summed E-state index contributed by atoms with van der Waals surface area (Å²) in [6.45, 7) is -0.723. The summed E-state index contributed by atoms with van der Waals surface area (Å²) >= 11 is 0.500. The van der Waals surface area contributed by atoms with E-state index in [9.17, 15) is 22.0 Å². The van der Waals surface area contributed by atoms with Gasteiger partial charge in [-0.25, -0.2) is 22.0 Å². The number of alkyl halides is 2. The molecule has 0 bridgehead atoms. The monoisotopic (exact) mass is 329 g/mol. The van der Waals surface area contributed by atoms with Gasteiger partial charge < -0.3 is 10.2 Å². The summed E-state index contributed by atoms with van der Waals surface area (Å²) in [7, 11) is -4.24. The summed E-state index contributed by atoms with van der Waals surface area (Å²) in [6, 6.07) is 1.12. The van der Waals surface area contributed by atoms with Gasteiger partial charge in [-0.15, -0.1) is 11.3 Å². The molecule has 0 amide bonds. The number of aliphatic hydroxyl groups is 1. The SMILES string of the molecule is Cc1cc(S(=O)(=O)N(CCO)CC(F)F)sc1C(=O)O. The molecular formula is C10H13F2NO5S2. The molecule has 2 N–H and O–H groups in total. The first-order valence-electron chi connectivity index (χ1n) is 5.43. The lowest BCUT2D eigenvalue weighted by atomic mass is 10.3. The van der Waals surface area contributed by atoms with Crippen molar-refractivity contribution >= 4 is 27.3 Å². The van der Waals surface area contributed by atoms with E-state index in [0.717, 1.165) is 6.07 Å². The van der Waals surface area contributed by atoms with Crippen molar-refractivity contribution in [2.45, 2.75) is 17.6 Å². The summed E-state index contributed by atoms with van der Waals surface area (Å²) < 4.78 is 49.2. The van der Waals surface area contributed by atoms with Gasteiger partial charge in [-0.1, -0.05) is 0 Å². The lowest BCUT2D eigenvalue weighted by Crippen LogP contribution is -2.36. The molecule has 0 aliphatic heterocycles. The quantitative estimate of drug-likeness (QED) is 0.778. The molecule has 0 radical (unpaired) electrons. The van der Waals surface area contributed by atoms with E-state index in [0.29, 0.717) is 15.6 Å². The Morgan fingerprint density at radius 2 is 2.10 bits per heavy atom. The molecule has 0 aliphatic rings. The van der Waals surface area contributed by atoms with Crippen LogP contribution in [0.15, 0.2) is 10.3 Å². The van der Waals surface area contributed by atoms with E-state index in [2.05, 4.69) is 0 Å². The molecule has 114 valence electrons. The number of aryl methyl sites for hydroxylation is 1. The first-order valence-corrected chi connectivity index (χ1v) is 7.68. The first kappa shape index (κ1) is 17.0. The first-order chi connectivity index (χ1) is 9.20. The Morgan fingerprint density at radius 1 is 1.50 bits per heavy atom. The van der Waals surface area contributed by atoms with Crippen LogP contribution in [-0.4, -0.2) is 55.0 Å². The predicted molar refractivity (Wildman–Crippen MR) is 67.9 cm³/mol. The molecule has 0 saturated heterocycles. The summed E-state index contributed by atoms with van der Waals surface area (Å²) in [6.07, 6.45) is -2.89. The molecule has 0 saturated carbocycles. The van der Waals surface area contributed by atoms with E-state index >= 15 is 0 Å². The van der Waals surface area contributed by atoms with Crippen LogP contribution < -0.4 is 0 Å². The highest BCUT2D eigenvalue weighted by Crippen LogP contribution is 2.28. The van der Waals surface area contributed by atoms with Crippen molar-refractivity contribution in [1.29, 1.82) is 0 Å². The molecule has 1 aromatic heterocycles. The number of aromatic carboxylic acids is 1. The van der Waals surface area contributed by atoms with Crippen molar-refractivity contribution in [2.24, 2.45) is 0 Å². The normalized spacial score (nSPS) is 12.3. The average molecular weight is 329 g/mol. The Balaban J connectivity index is 3.19. The van der Waals surface area contributed by atoms with Crippen molar-refractivity contribution in [3.05, 3.63) is 16.5 Å². The Morgan fingerprint density at radius 3 is 2.50 bits per heavy atom. The van der Waals surface area contributed by atoms with Crippen molar-refractivity contribution in [3.63, 3.8) is 0 Å². The number of aliphatic hydroxyl groups excluding tert-OH is 1. The van der Waals surface area contributed by atoms with Gasteiger partial charge in [-0.05, 0) is 18.6 Å². The molecule has 20 heavy (non-hydrogen) atoms. The maximum Gasteiger partial charge on any atom is 0.346 e. The van der Waals surface area contributed by atoms with Crippen LogP contribution in [0.3, 0.4) is 0 Å². The van der Waals surface area contributed by atoms with E-state index in [-0.39, 0.29) is 14.6 Å². The van der Waals surface area contributed by atoms with Crippen LogP contribution in [0.1, 0.15) is 15.2 Å². The van der Waals surface area contributed by atoms with Gasteiger partial charge in [-0.3, -0.25) is 0 Å². The Hall–Kier alpha value is -1.10. The summed E-state index contributed by atoms with van der Waals surface area (Å²) in [5.41, 5.74) is 0.238. The molecule has 0 aromatic carbocycles. The van der Waals surface area contributed by atoms with Crippen LogP contribution in [0, 0.1) is 6.92 Å². The van der Waals surface area contributed by atoms with Gasteiger partial charge in [-0.2, -0.15) is 4.31 Å². The fourth-order valence-corrected chi connectivity index (χ4v) is 4.44. The highest BCUT2D eigenvalue weighted by molar-refractivity contribution is 7.91. The zero-order valence-electron chi connectivity index (χ0n) is 10.4.